The highest BCUT2D eigenvalue weighted by molar-refractivity contribution is 6.62. The van der Waals surface area contributed by atoms with Crippen LogP contribution < -0.4 is 5.46 Å². The maximum Gasteiger partial charge on any atom is 0.498 e. The third-order valence-electron chi connectivity index (χ3n) is 5.87. The first kappa shape index (κ1) is 21.2. The molecule has 2 saturated heterocycles. The van der Waals surface area contributed by atoms with Gasteiger partial charge in [-0.2, -0.15) is 5.10 Å². The molecular formula is C20H34BN3O4. The zero-order valence-electron chi connectivity index (χ0n) is 18.3. The van der Waals surface area contributed by atoms with Crippen molar-refractivity contribution in [2.45, 2.75) is 90.6 Å². The van der Waals surface area contributed by atoms with Gasteiger partial charge in [0, 0.05) is 30.9 Å². The molecular weight excluding hydrogens is 357 g/mol. The molecule has 3 rings (SSSR count). The van der Waals surface area contributed by atoms with Crippen LogP contribution in [-0.4, -0.2) is 57.8 Å². The molecule has 1 unspecified atom stereocenters. The summed E-state index contributed by atoms with van der Waals surface area (Å²) in [6, 6.07) is 0.253. The highest BCUT2D eigenvalue weighted by Crippen LogP contribution is 2.36. The predicted molar refractivity (Wildman–Crippen MR) is 109 cm³/mol. The van der Waals surface area contributed by atoms with Crippen LogP contribution in [0.25, 0.3) is 0 Å². The Morgan fingerprint density at radius 2 is 1.82 bits per heavy atom. The zero-order valence-corrected chi connectivity index (χ0v) is 18.3. The van der Waals surface area contributed by atoms with Gasteiger partial charge in [-0.15, -0.1) is 0 Å². The van der Waals surface area contributed by atoms with Crippen LogP contribution in [0.4, 0.5) is 4.79 Å². The lowest BCUT2D eigenvalue weighted by atomic mass is 9.82. The second kappa shape index (κ2) is 7.37. The molecule has 0 bridgehead atoms. The van der Waals surface area contributed by atoms with Crippen molar-refractivity contribution in [1.82, 2.24) is 14.7 Å². The zero-order chi connectivity index (χ0) is 20.7. The molecule has 2 aliphatic rings. The lowest BCUT2D eigenvalue weighted by Crippen LogP contribution is -2.41. The molecule has 1 aromatic rings. The Morgan fingerprint density at radius 3 is 2.43 bits per heavy atom. The number of carbonyl (C=O) groups excluding carboxylic acids is 1. The van der Waals surface area contributed by atoms with E-state index >= 15 is 0 Å². The number of rotatable bonds is 2. The molecule has 0 radical (unpaired) electrons. The van der Waals surface area contributed by atoms with Gasteiger partial charge >= 0.3 is 13.2 Å². The summed E-state index contributed by atoms with van der Waals surface area (Å²) >= 11 is 0. The molecule has 2 fully saturated rings. The van der Waals surface area contributed by atoms with Gasteiger partial charge in [-0.05, 0) is 67.7 Å². The average molecular weight is 391 g/mol. The Hall–Kier alpha value is -1.54. The SMILES string of the molecule is CC(C)(C)OC(=O)N1CCCC(n2cc(B3OC(C)(C)C(C)(C)O3)cn2)CC1. The Kier molecular flexibility index (Phi) is 5.58. The van der Waals surface area contributed by atoms with Crippen LogP contribution in [-0.2, 0) is 14.0 Å². The van der Waals surface area contributed by atoms with E-state index in [9.17, 15) is 4.79 Å². The number of aromatic nitrogens is 2. The fourth-order valence-corrected chi connectivity index (χ4v) is 3.51. The second-order valence-electron chi connectivity index (χ2n) is 9.89. The van der Waals surface area contributed by atoms with Crippen LogP contribution >= 0.6 is 0 Å². The van der Waals surface area contributed by atoms with Crippen molar-refractivity contribution >= 4 is 18.7 Å². The van der Waals surface area contributed by atoms with Crippen molar-refractivity contribution in [3.63, 3.8) is 0 Å². The van der Waals surface area contributed by atoms with Crippen molar-refractivity contribution in [2.75, 3.05) is 13.1 Å². The number of amides is 1. The number of likely N-dealkylation sites (tertiary alicyclic amines) is 1. The van der Waals surface area contributed by atoms with Gasteiger partial charge in [0.2, 0.25) is 0 Å². The second-order valence-corrected chi connectivity index (χ2v) is 9.89. The predicted octanol–water partition coefficient (Wildman–Crippen LogP) is 3.14. The van der Waals surface area contributed by atoms with Crippen LogP contribution in [0.15, 0.2) is 12.4 Å². The minimum Gasteiger partial charge on any atom is -0.444 e. The van der Waals surface area contributed by atoms with Crippen LogP contribution in [0.1, 0.15) is 73.8 Å². The highest BCUT2D eigenvalue weighted by Gasteiger charge is 2.52. The largest absolute Gasteiger partial charge is 0.498 e. The summed E-state index contributed by atoms with van der Waals surface area (Å²) < 4.78 is 19.8. The Bertz CT molecular complexity index is 695. The van der Waals surface area contributed by atoms with Crippen molar-refractivity contribution in [2.24, 2.45) is 0 Å². The Balaban J connectivity index is 1.62. The minimum atomic E-state index is -0.470. The quantitative estimate of drug-likeness (QED) is 0.725. The van der Waals surface area contributed by atoms with Gasteiger partial charge in [0.25, 0.3) is 0 Å². The van der Waals surface area contributed by atoms with Crippen LogP contribution in [0.2, 0.25) is 0 Å². The molecule has 156 valence electrons. The molecule has 7 nitrogen and oxygen atoms in total. The van der Waals surface area contributed by atoms with E-state index in [1.807, 2.05) is 70.4 Å². The summed E-state index contributed by atoms with van der Waals surface area (Å²) in [4.78, 5) is 14.2. The van der Waals surface area contributed by atoms with Crippen molar-refractivity contribution in [3.05, 3.63) is 12.4 Å². The first-order chi connectivity index (χ1) is 12.9. The topological polar surface area (TPSA) is 65.8 Å². The van der Waals surface area contributed by atoms with E-state index in [2.05, 4.69) is 5.10 Å². The number of hydrogen-bond acceptors (Lipinski definition) is 5. The fraction of sp³-hybridized carbons (Fsp3) is 0.800. The monoisotopic (exact) mass is 391 g/mol. The molecule has 1 amide bonds. The van der Waals surface area contributed by atoms with Crippen LogP contribution in [0, 0.1) is 0 Å². The number of nitrogens with zero attached hydrogens (tertiary/aromatic N) is 3. The van der Waals surface area contributed by atoms with Gasteiger partial charge in [-0.3, -0.25) is 4.68 Å². The average Bonchev–Trinajstić information content (AvgIpc) is 2.99. The smallest absolute Gasteiger partial charge is 0.444 e. The minimum absolute atomic E-state index is 0.230. The van der Waals surface area contributed by atoms with E-state index in [4.69, 9.17) is 14.0 Å². The van der Waals surface area contributed by atoms with Crippen molar-refractivity contribution in [1.29, 1.82) is 0 Å². The third kappa shape index (κ3) is 4.54. The molecule has 0 aliphatic carbocycles. The van der Waals surface area contributed by atoms with Gasteiger partial charge in [-0.25, -0.2) is 4.79 Å². The lowest BCUT2D eigenvalue weighted by molar-refractivity contribution is 0.00578. The number of hydrogen-bond donors (Lipinski definition) is 0. The summed E-state index contributed by atoms with van der Waals surface area (Å²) in [6.07, 6.45) is 6.38. The first-order valence-corrected chi connectivity index (χ1v) is 10.3. The van der Waals surface area contributed by atoms with Gasteiger partial charge in [0.05, 0.1) is 17.2 Å². The van der Waals surface area contributed by atoms with E-state index in [0.717, 1.165) is 31.3 Å². The molecule has 28 heavy (non-hydrogen) atoms. The summed E-state index contributed by atoms with van der Waals surface area (Å²) in [5.74, 6) is 0. The molecule has 1 atom stereocenters. The molecule has 8 heteroatoms. The van der Waals surface area contributed by atoms with E-state index in [1.54, 1.807) is 0 Å². The highest BCUT2D eigenvalue weighted by atomic mass is 16.7. The molecule has 0 aromatic carbocycles. The van der Waals surface area contributed by atoms with E-state index in [1.165, 1.54) is 0 Å². The molecule has 0 spiro atoms. The van der Waals surface area contributed by atoms with Crippen LogP contribution in [0.5, 0.6) is 0 Å². The van der Waals surface area contributed by atoms with Gasteiger partial charge in [0.15, 0.2) is 0 Å². The van der Waals surface area contributed by atoms with Crippen molar-refractivity contribution in [3.8, 4) is 0 Å². The van der Waals surface area contributed by atoms with E-state index in [-0.39, 0.29) is 23.3 Å². The molecule has 1 aromatic heterocycles. The van der Waals surface area contributed by atoms with Crippen LogP contribution in [0.3, 0.4) is 0 Å². The first-order valence-electron chi connectivity index (χ1n) is 10.3. The standard InChI is InChI=1S/C20H34BN3O4/c1-18(2,3)26-17(25)23-11-8-9-16(10-12-23)24-14-15(13-22-24)21-27-19(4,5)20(6,7)28-21/h13-14,16H,8-12H2,1-7H3. The summed E-state index contributed by atoms with van der Waals surface area (Å²) in [5, 5.41) is 4.57. The maximum atomic E-state index is 12.4. The molecule has 3 heterocycles. The summed E-state index contributed by atoms with van der Waals surface area (Å²) in [6.45, 7) is 15.3. The van der Waals surface area contributed by atoms with Gasteiger partial charge in [0.1, 0.15) is 5.60 Å². The van der Waals surface area contributed by atoms with Crippen molar-refractivity contribution < 1.29 is 18.8 Å². The Morgan fingerprint density at radius 1 is 1.18 bits per heavy atom. The fourth-order valence-electron chi connectivity index (χ4n) is 3.51. The molecule has 0 N–H and O–H groups in total. The molecule has 0 saturated carbocycles. The third-order valence-corrected chi connectivity index (χ3v) is 5.87. The maximum absolute atomic E-state index is 12.4. The normalized spacial score (nSPS) is 24.9. The van der Waals surface area contributed by atoms with Gasteiger partial charge < -0.3 is 18.9 Å². The summed E-state index contributed by atoms with van der Waals surface area (Å²) in [7, 11) is -0.400. The van der Waals surface area contributed by atoms with E-state index < -0.39 is 12.7 Å². The van der Waals surface area contributed by atoms with Gasteiger partial charge in [-0.1, -0.05) is 0 Å². The Labute approximate surface area is 168 Å². The molecule has 2 aliphatic heterocycles. The number of ether oxygens (including phenoxy) is 1. The summed E-state index contributed by atoms with van der Waals surface area (Å²) in [5.41, 5.74) is -0.263. The van der Waals surface area contributed by atoms with E-state index in [0.29, 0.717) is 6.54 Å². The number of carbonyl (C=O) groups is 1. The lowest BCUT2D eigenvalue weighted by Gasteiger charge is -2.32.